The maximum absolute atomic E-state index is 11.6. The van der Waals surface area contributed by atoms with Crippen LogP contribution < -0.4 is 5.32 Å². The second-order valence-corrected chi connectivity index (χ2v) is 5.99. The number of ether oxygens (including phenoxy) is 1. The van der Waals surface area contributed by atoms with Gasteiger partial charge in [0.25, 0.3) is 0 Å². The van der Waals surface area contributed by atoms with Crippen molar-refractivity contribution < 1.29 is 9.53 Å². The third-order valence-electron chi connectivity index (χ3n) is 2.94. The van der Waals surface area contributed by atoms with E-state index in [1.54, 1.807) is 6.07 Å². The van der Waals surface area contributed by atoms with Gasteiger partial charge in [-0.05, 0) is 31.5 Å². The van der Waals surface area contributed by atoms with Crippen LogP contribution in [0.25, 0.3) is 0 Å². The Bertz CT molecular complexity index is 422. The van der Waals surface area contributed by atoms with Crippen LogP contribution in [0.4, 0.5) is 5.69 Å². The van der Waals surface area contributed by atoms with Crippen molar-refractivity contribution in [1.29, 1.82) is 0 Å². The highest BCUT2D eigenvalue weighted by molar-refractivity contribution is 8.00. The molecule has 1 aromatic carbocycles. The minimum absolute atomic E-state index is 0.254. The number of benzene rings is 1. The third kappa shape index (κ3) is 3.42. The largest absolute Gasteiger partial charge is 0.462 e. The zero-order valence-corrected chi connectivity index (χ0v) is 11.6. The van der Waals surface area contributed by atoms with Gasteiger partial charge in [0, 0.05) is 22.7 Å². The van der Waals surface area contributed by atoms with Gasteiger partial charge in [-0.2, -0.15) is 11.8 Å². The lowest BCUT2D eigenvalue weighted by Gasteiger charge is -2.13. The van der Waals surface area contributed by atoms with Gasteiger partial charge in [0.1, 0.15) is 0 Å². The molecule has 1 N–H and O–H groups in total. The van der Waals surface area contributed by atoms with Crippen molar-refractivity contribution in [3.8, 4) is 0 Å². The molecule has 2 unspecified atom stereocenters. The molecule has 1 saturated heterocycles. The standard InChI is InChI=1S/C14H19NO2S/c1-3-17-14(16)11-5-4-6-12(8-11)15-13-7-10(2)18-9-13/h4-6,8,10,13,15H,3,7,9H2,1-2H3. The van der Waals surface area contributed by atoms with E-state index in [4.69, 9.17) is 4.74 Å². The molecular weight excluding hydrogens is 246 g/mol. The lowest BCUT2D eigenvalue weighted by molar-refractivity contribution is 0.0526. The van der Waals surface area contributed by atoms with Crippen LogP contribution in [0.2, 0.25) is 0 Å². The van der Waals surface area contributed by atoms with E-state index in [1.807, 2.05) is 36.9 Å². The summed E-state index contributed by atoms with van der Waals surface area (Å²) in [5.41, 5.74) is 1.61. The average molecular weight is 265 g/mol. The van der Waals surface area contributed by atoms with Crippen molar-refractivity contribution in [2.24, 2.45) is 0 Å². The van der Waals surface area contributed by atoms with Crippen LogP contribution in [0.15, 0.2) is 24.3 Å². The molecule has 0 aromatic heterocycles. The van der Waals surface area contributed by atoms with Crippen LogP contribution in [0.5, 0.6) is 0 Å². The molecule has 0 spiro atoms. The minimum Gasteiger partial charge on any atom is -0.462 e. The first-order valence-corrected chi connectivity index (χ1v) is 7.39. The van der Waals surface area contributed by atoms with Gasteiger partial charge in [-0.1, -0.05) is 13.0 Å². The van der Waals surface area contributed by atoms with E-state index >= 15 is 0 Å². The smallest absolute Gasteiger partial charge is 0.338 e. The summed E-state index contributed by atoms with van der Waals surface area (Å²) in [5, 5.41) is 4.20. The molecule has 4 heteroatoms. The maximum Gasteiger partial charge on any atom is 0.338 e. The van der Waals surface area contributed by atoms with Crippen molar-refractivity contribution in [2.75, 3.05) is 17.7 Å². The molecule has 2 atom stereocenters. The molecule has 0 amide bonds. The maximum atomic E-state index is 11.6. The number of carbonyl (C=O) groups excluding carboxylic acids is 1. The Labute approximate surface area is 112 Å². The summed E-state index contributed by atoms with van der Waals surface area (Å²) in [4.78, 5) is 11.6. The number of anilines is 1. The Morgan fingerprint density at radius 3 is 3.06 bits per heavy atom. The molecule has 0 radical (unpaired) electrons. The Hall–Kier alpha value is -1.16. The summed E-state index contributed by atoms with van der Waals surface area (Å²) in [6, 6.07) is 8.04. The summed E-state index contributed by atoms with van der Waals surface area (Å²) in [7, 11) is 0. The molecule has 1 aliphatic heterocycles. The highest BCUT2D eigenvalue weighted by atomic mass is 32.2. The Morgan fingerprint density at radius 2 is 2.39 bits per heavy atom. The SMILES string of the molecule is CCOC(=O)c1cccc(NC2CSC(C)C2)c1. The molecule has 1 aliphatic rings. The van der Waals surface area contributed by atoms with Crippen LogP contribution in [-0.2, 0) is 4.74 Å². The summed E-state index contributed by atoms with van der Waals surface area (Å²) >= 11 is 1.99. The van der Waals surface area contributed by atoms with Crippen molar-refractivity contribution in [1.82, 2.24) is 0 Å². The molecule has 18 heavy (non-hydrogen) atoms. The van der Waals surface area contributed by atoms with Crippen molar-refractivity contribution in [2.45, 2.75) is 31.6 Å². The number of rotatable bonds is 4. The van der Waals surface area contributed by atoms with Gasteiger partial charge in [-0.25, -0.2) is 4.79 Å². The normalized spacial score (nSPS) is 22.8. The van der Waals surface area contributed by atoms with Gasteiger partial charge < -0.3 is 10.1 Å². The van der Waals surface area contributed by atoms with E-state index in [0.717, 1.165) is 16.7 Å². The molecule has 1 aromatic rings. The number of hydrogen-bond acceptors (Lipinski definition) is 4. The second kappa shape index (κ2) is 6.14. The van der Waals surface area contributed by atoms with Gasteiger partial charge in [-0.15, -0.1) is 0 Å². The van der Waals surface area contributed by atoms with E-state index in [-0.39, 0.29) is 5.97 Å². The number of nitrogens with one attached hydrogen (secondary N) is 1. The highest BCUT2D eigenvalue weighted by Crippen LogP contribution is 2.28. The van der Waals surface area contributed by atoms with E-state index < -0.39 is 0 Å². The predicted molar refractivity (Wildman–Crippen MR) is 76.3 cm³/mol. The predicted octanol–water partition coefficient (Wildman–Crippen LogP) is 3.17. The zero-order valence-electron chi connectivity index (χ0n) is 10.8. The summed E-state index contributed by atoms with van der Waals surface area (Å²) in [6.45, 7) is 4.48. The topological polar surface area (TPSA) is 38.3 Å². The summed E-state index contributed by atoms with van der Waals surface area (Å²) in [5.74, 6) is 0.875. The lowest BCUT2D eigenvalue weighted by atomic mass is 10.1. The fourth-order valence-corrected chi connectivity index (χ4v) is 3.25. The fourth-order valence-electron chi connectivity index (χ4n) is 2.10. The highest BCUT2D eigenvalue weighted by Gasteiger charge is 2.21. The molecule has 3 nitrogen and oxygen atoms in total. The molecular formula is C14H19NO2S. The van der Waals surface area contributed by atoms with E-state index in [9.17, 15) is 4.79 Å². The molecule has 2 rings (SSSR count). The van der Waals surface area contributed by atoms with Crippen molar-refractivity contribution >= 4 is 23.4 Å². The molecule has 98 valence electrons. The van der Waals surface area contributed by atoms with Crippen molar-refractivity contribution in [3.63, 3.8) is 0 Å². The van der Waals surface area contributed by atoms with Gasteiger partial charge in [-0.3, -0.25) is 0 Å². The van der Waals surface area contributed by atoms with E-state index in [1.165, 1.54) is 6.42 Å². The number of hydrogen-bond donors (Lipinski definition) is 1. The van der Waals surface area contributed by atoms with Crippen LogP contribution in [0, 0.1) is 0 Å². The fraction of sp³-hybridized carbons (Fsp3) is 0.500. The minimum atomic E-state index is -0.254. The average Bonchev–Trinajstić information content (AvgIpc) is 2.75. The van der Waals surface area contributed by atoms with Gasteiger partial charge in [0.2, 0.25) is 0 Å². The Morgan fingerprint density at radius 1 is 1.56 bits per heavy atom. The van der Waals surface area contributed by atoms with Gasteiger partial charge in [0.15, 0.2) is 0 Å². The Kier molecular flexibility index (Phi) is 4.53. The summed E-state index contributed by atoms with van der Waals surface area (Å²) in [6.07, 6.45) is 1.17. The zero-order chi connectivity index (χ0) is 13.0. The molecule has 0 saturated carbocycles. The number of carbonyl (C=O) groups is 1. The molecule has 0 aliphatic carbocycles. The van der Waals surface area contributed by atoms with Crippen LogP contribution in [0.3, 0.4) is 0 Å². The second-order valence-electron chi connectivity index (χ2n) is 4.52. The van der Waals surface area contributed by atoms with Crippen LogP contribution in [0.1, 0.15) is 30.6 Å². The van der Waals surface area contributed by atoms with E-state index in [2.05, 4.69) is 12.2 Å². The first kappa shape index (κ1) is 13.3. The third-order valence-corrected chi connectivity index (χ3v) is 4.30. The van der Waals surface area contributed by atoms with Crippen LogP contribution in [-0.4, -0.2) is 29.6 Å². The summed E-state index contributed by atoms with van der Waals surface area (Å²) < 4.78 is 5.00. The van der Waals surface area contributed by atoms with Crippen molar-refractivity contribution in [3.05, 3.63) is 29.8 Å². The first-order valence-electron chi connectivity index (χ1n) is 6.34. The van der Waals surface area contributed by atoms with Gasteiger partial charge >= 0.3 is 5.97 Å². The van der Waals surface area contributed by atoms with Crippen LogP contribution >= 0.6 is 11.8 Å². The molecule has 1 heterocycles. The lowest BCUT2D eigenvalue weighted by Crippen LogP contribution is -2.19. The number of esters is 1. The quantitative estimate of drug-likeness (QED) is 0.849. The molecule has 0 bridgehead atoms. The number of thioether (sulfide) groups is 1. The molecule has 1 fully saturated rings. The first-order chi connectivity index (χ1) is 8.69. The monoisotopic (exact) mass is 265 g/mol. The Balaban J connectivity index is 2.01. The van der Waals surface area contributed by atoms with Gasteiger partial charge in [0.05, 0.1) is 12.2 Å². The van der Waals surface area contributed by atoms with E-state index in [0.29, 0.717) is 18.2 Å².